The molecule has 8 nitrogen and oxygen atoms in total. The SMILES string of the molecule is CCn1ncc(C(=O)NC)c1NC(=O)C1CC(=O)Nc2cc(F)ccc21. The number of halogens is 1. The average molecular weight is 359 g/mol. The monoisotopic (exact) mass is 359 g/mol. The largest absolute Gasteiger partial charge is 0.355 e. The summed E-state index contributed by atoms with van der Waals surface area (Å²) in [5.41, 5.74) is 1.02. The standard InChI is InChI=1S/C17H18FN5O3/c1-3-23-15(12(8-20-23)16(25)19-2)22-17(26)11-7-14(24)21-13-6-9(18)4-5-10(11)13/h4-6,8,11H,3,7H2,1-2H3,(H,19,25)(H,21,24)(H,22,26). The van der Waals surface area contributed by atoms with Crippen molar-refractivity contribution in [3.8, 4) is 0 Å². The Kier molecular flexibility index (Phi) is 4.70. The molecule has 1 aromatic heterocycles. The van der Waals surface area contributed by atoms with Gasteiger partial charge in [-0.2, -0.15) is 5.10 Å². The Labute approximate surface area is 148 Å². The van der Waals surface area contributed by atoms with Crippen molar-refractivity contribution in [2.24, 2.45) is 0 Å². The average Bonchev–Trinajstić information content (AvgIpc) is 3.02. The molecular weight excluding hydrogens is 341 g/mol. The summed E-state index contributed by atoms with van der Waals surface area (Å²) in [5.74, 6) is -2.27. The number of anilines is 2. The van der Waals surface area contributed by atoms with Crippen LogP contribution in [0, 0.1) is 5.82 Å². The van der Waals surface area contributed by atoms with Gasteiger partial charge in [0.05, 0.1) is 12.1 Å². The van der Waals surface area contributed by atoms with Gasteiger partial charge in [0.15, 0.2) is 0 Å². The van der Waals surface area contributed by atoms with E-state index in [9.17, 15) is 18.8 Å². The molecule has 136 valence electrons. The van der Waals surface area contributed by atoms with Gasteiger partial charge in [0.2, 0.25) is 11.8 Å². The van der Waals surface area contributed by atoms with E-state index in [2.05, 4.69) is 21.0 Å². The van der Waals surface area contributed by atoms with Gasteiger partial charge in [0.1, 0.15) is 17.2 Å². The van der Waals surface area contributed by atoms with E-state index in [0.29, 0.717) is 12.1 Å². The van der Waals surface area contributed by atoms with Crippen molar-refractivity contribution in [2.75, 3.05) is 17.7 Å². The van der Waals surface area contributed by atoms with Crippen LogP contribution in [0.2, 0.25) is 0 Å². The summed E-state index contributed by atoms with van der Waals surface area (Å²) < 4.78 is 14.9. The van der Waals surface area contributed by atoms with Crippen LogP contribution in [-0.4, -0.2) is 34.5 Å². The van der Waals surface area contributed by atoms with E-state index in [1.807, 2.05) is 6.92 Å². The molecule has 0 saturated carbocycles. The molecule has 3 amide bonds. The molecule has 2 aromatic rings. The molecule has 9 heteroatoms. The maximum absolute atomic E-state index is 13.4. The van der Waals surface area contributed by atoms with E-state index in [0.717, 1.165) is 0 Å². The van der Waals surface area contributed by atoms with Crippen LogP contribution < -0.4 is 16.0 Å². The van der Waals surface area contributed by atoms with Gasteiger partial charge < -0.3 is 16.0 Å². The maximum Gasteiger partial charge on any atom is 0.256 e. The molecule has 1 aromatic carbocycles. The first-order valence-electron chi connectivity index (χ1n) is 8.12. The van der Waals surface area contributed by atoms with Crippen LogP contribution >= 0.6 is 0 Å². The number of benzene rings is 1. The van der Waals surface area contributed by atoms with Gasteiger partial charge in [-0.25, -0.2) is 9.07 Å². The lowest BCUT2D eigenvalue weighted by atomic mass is 9.89. The topological polar surface area (TPSA) is 105 Å². The minimum atomic E-state index is -0.794. The number of hydrogen-bond donors (Lipinski definition) is 3. The molecule has 0 bridgehead atoms. The van der Waals surface area contributed by atoms with Crippen molar-refractivity contribution in [1.29, 1.82) is 0 Å². The first-order valence-corrected chi connectivity index (χ1v) is 8.12. The summed E-state index contributed by atoms with van der Waals surface area (Å²) in [7, 11) is 1.48. The highest BCUT2D eigenvalue weighted by Crippen LogP contribution is 2.33. The molecule has 3 N–H and O–H groups in total. The first-order chi connectivity index (χ1) is 12.4. The molecule has 0 aliphatic carbocycles. The fourth-order valence-electron chi connectivity index (χ4n) is 2.93. The molecule has 1 aliphatic heterocycles. The zero-order valence-electron chi connectivity index (χ0n) is 14.3. The van der Waals surface area contributed by atoms with Gasteiger partial charge >= 0.3 is 0 Å². The molecule has 0 spiro atoms. The summed E-state index contributed by atoms with van der Waals surface area (Å²) in [6.45, 7) is 2.27. The highest BCUT2D eigenvalue weighted by molar-refractivity contribution is 6.07. The first kappa shape index (κ1) is 17.6. The van der Waals surface area contributed by atoms with Gasteiger partial charge in [0, 0.05) is 25.7 Å². The predicted octanol–water partition coefficient (Wildman–Crippen LogP) is 1.47. The number of aromatic nitrogens is 2. The Morgan fingerprint density at radius 2 is 2.19 bits per heavy atom. The fraction of sp³-hybridized carbons (Fsp3) is 0.294. The third-order valence-electron chi connectivity index (χ3n) is 4.22. The van der Waals surface area contributed by atoms with Crippen LogP contribution in [-0.2, 0) is 16.1 Å². The highest BCUT2D eigenvalue weighted by Gasteiger charge is 2.32. The zero-order valence-corrected chi connectivity index (χ0v) is 14.3. The Bertz CT molecular complexity index is 893. The number of aryl methyl sites for hydroxylation is 1. The number of amides is 3. The smallest absolute Gasteiger partial charge is 0.256 e. The van der Waals surface area contributed by atoms with Crippen molar-refractivity contribution in [1.82, 2.24) is 15.1 Å². The highest BCUT2D eigenvalue weighted by atomic mass is 19.1. The van der Waals surface area contributed by atoms with E-state index in [4.69, 9.17) is 0 Å². The van der Waals surface area contributed by atoms with E-state index >= 15 is 0 Å². The van der Waals surface area contributed by atoms with Crippen molar-refractivity contribution >= 4 is 29.2 Å². The summed E-state index contributed by atoms with van der Waals surface area (Å²) in [4.78, 5) is 36.7. The second-order valence-corrected chi connectivity index (χ2v) is 5.83. The summed E-state index contributed by atoms with van der Waals surface area (Å²) in [6, 6.07) is 3.90. The molecule has 1 unspecified atom stereocenters. The number of rotatable bonds is 4. The maximum atomic E-state index is 13.4. The lowest BCUT2D eigenvalue weighted by Crippen LogP contribution is -2.32. The normalized spacial score (nSPS) is 15.8. The number of nitrogens with zero attached hydrogens (tertiary/aromatic N) is 2. The third kappa shape index (κ3) is 3.15. The molecule has 0 saturated heterocycles. The van der Waals surface area contributed by atoms with E-state index in [1.165, 1.54) is 36.1 Å². The van der Waals surface area contributed by atoms with E-state index in [1.54, 1.807) is 0 Å². The van der Waals surface area contributed by atoms with Gasteiger partial charge in [-0.15, -0.1) is 0 Å². The van der Waals surface area contributed by atoms with Crippen molar-refractivity contribution in [3.05, 3.63) is 41.3 Å². The van der Waals surface area contributed by atoms with E-state index in [-0.39, 0.29) is 35.3 Å². The van der Waals surface area contributed by atoms with Gasteiger partial charge in [-0.1, -0.05) is 6.07 Å². The molecule has 2 heterocycles. The third-order valence-corrected chi connectivity index (χ3v) is 4.22. The van der Waals surface area contributed by atoms with Gasteiger partial charge in [0.25, 0.3) is 5.91 Å². The molecule has 0 radical (unpaired) electrons. The molecule has 0 fully saturated rings. The van der Waals surface area contributed by atoms with E-state index < -0.39 is 17.6 Å². The fourth-order valence-corrected chi connectivity index (χ4v) is 2.93. The zero-order chi connectivity index (χ0) is 18.8. The number of carbonyl (C=O) groups is 3. The number of nitrogens with one attached hydrogen (secondary N) is 3. The Hall–Kier alpha value is -3.23. The molecular formula is C17H18FN5O3. The Morgan fingerprint density at radius 1 is 1.42 bits per heavy atom. The summed E-state index contributed by atoms with van der Waals surface area (Å²) in [6.07, 6.45) is 1.30. The van der Waals surface area contributed by atoms with Crippen LogP contribution in [0.25, 0.3) is 0 Å². The number of hydrogen-bond acceptors (Lipinski definition) is 4. The summed E-state index contributed by atoms with van der Waals surface area (Å²) >= 11 is 0. The van der Waals surface area contributed by atoms with Crippen LogP contribution in [0.4, 0.5) is 15.9 Å². The molecule has 1 aliphatic rings. The molecule has 3 rings (SSSR count). The van der Waals surface area contributed by atoms with Crippen LogP contribution in [0.15, 0.2) is 24.4 Å². The molecule has 1 atom stereocenters. The second-order valence-electron chi connectivity index (χ2n) is 5.83. The predicted molar refractivity (Wildman–Crippen MR) is 92.3 cm³/mol. The Morgan fingerprint density at radius 3 is 2.88 bits per heavy atom. The van der Waals surface area contributed by atoms with Gasteiger partial charge in [-0.05, 0) is 24.6 Å². The summed E-state index contributed by atoms with van der Waals surface area (Å²) in [5, 5.41) is 11.8. The van der Waals surface area contributed by atoms with Crippen LogP contribution in [0.5, 0.6) is 0 Å². The minimum absolute atomic E-state index is 0.0694. The number of fused-ring (bicyclic) bond motifs is 1. The van der Waals surface area contributed by atoms with Crippen molar-refractivity contribution in [3.63, 3.8) is 0 Å². The molecule has 26 heavy (non-hydrogen) atoms. The van der Waals surface area contributed by atoms with Crippen molar-refractivity contribution < 1.29 is 18.8 Å². The van der Waals surface area contributed by atoms with Gasteiger partial charge in [-0.3, -0.25) is 14.4 Å². The second kappa shape index (κ2) is 6.95. The van der Waals surface area contributed by atoms with Crippen molar-refractivity contribution in [2.45, 2.75) is 25.8 Å². The minimum Gasteiger partial charge on any atom is -0.355 e. The number of carbonyl (C=O) groups excluding carboxylic acids is 3. The lowest BCUT2D eigenvalue weighted by Gasteiger charge is -2.25. The quantitative estimate of drug-likeness (QED) is 0.769. The lowest BCUT2D eigenvalue weighted by molar-refractivity contribution is -0.123. The van der Waals surface area contributed by atoms with Crippen LogP contribution in [0.3, 0.4) is 0 Å². The Balaban J connectivity index is 1.93. The van der Waals surface area contributed by atoms with Crippen LogP contribution in [0.1, 0.15) is 35.2 Å².